The quantitative estimate of drug-likeness (QED) is 0.774. The molecule has 0 unspecified atom stereocenters. The lowest BCUT2D eigenvalue weighted by Crippen LogP contribution is -2.44. The van der Waals surface area contributed by atoms with Crippen LogP contribution in [-0.2, 0) is 6.54 Å². The Kier molecular flexibility index (Phi) is 3.77. The normalized spacial score (nSPS) is 19.8. The van der Waals surface area contributed by atoms with Crippen LogP contribution in [0, 0.1) is 5.41 Å². The maximum Gasteiger partial charge on any atom is 0.350 e. The van der Waals surface area contributed by atoms with Gasteiger partial charge in [-0.1, -0.05) is 6.92 Å². The fraction of sp³-hybridized carbons (Fsp3) is 0.556. The maximum atomic E-state index is 12.7. The minimum Gasteiger partial charge on any atom is -0.322 e. The number of hydrogen-bond donors (Lipinski definition) is 2. The van der Waals surface area contributed by atoms with Crippen molar-refractivity contribution in [3.63, 3.8) is 0 Å². The van der Waals surface area contributed by atoms with Gasteiger partial charge in [-0.25, -0.2) is 4.79 Å². The molecule has 0 radical (unpaired) electrons. The zero-order chi connectivity index (χ0) is 17.8. The van der Waals surface area contributed by atoms with Gasteiger partial charge in [-0.3, -0.25) is 14.1 Å². The van der Waals surface area contributed by atoms with E-state index in [1.807, 2.05) is 18.2 Å². The van der Waals surface area contributed by atoms with Crippen LogP contribution >= 0.6 is 11.9 Å². The smallest absolute Gasteiger partial charge is 0.322 e. The molecule has 1 aromatic heterocycles. The Balaban J connectivity index is 1.80. The lowest BCUT2D eigenvalue weighted by Gasteiger charge is -2.17. The topological polar surface area (TPSA) is 68.1 Å². The molecule has 6 nitrogen and oxygen atoms in total. The molecule has 2 fully saturated rings. The standard InChI is InChI=1S/C18H24N4O2S/c1-17(6-7-17)11-21-14-5-4-12(25-20-18(2)8-9-18)10-13(14)15(23)22(19-3)16(21)24/h4-5,10,19-20H,6-9,11H2,1-3H3. The number of benzene rings is 1. The van der Waals surface area contributed by atoms with Crippen LogP contribution in [0.2, 0.25) is 0 Å². The first-order chi connectivity index (χ1) is 11.8. The van der Waals surface area contributed by atoms with Crippen LogP contribution in [0.1, 0.15) is 39.5 Å². The Morgan fingerprint density at radius 1 is 1.16 bits per heavy atom. The molecule has 134 valence electrons. The highest BCUT2D eigenvalue weighted by molar-refractivity contribution is 7.97. The average Bonchev–Trinajstić information content (AvgIpc) is 3.50. The van der Waals surface area contributed by atoms with Gasteiger partial charge in [-0.2, -0.15) is 4.68 Å². The lowest BCUT2D eigenvalue weighted by atomic mass is 10.1. The summed E-state index contributed by atoms with van der Waals surface area (Å²) in [6.45, 7) is 5.03. The van der Waals surface area contributed by atoms with Crippen LogP contribution in [0.25, 0.3) is 10.9 Å². The summed E-state index contributed by atoms with van der Waals surface area (Å²) in [5.74, 6) is 0. The third kappa shape index (κ3) is 3.11. The molecule has 0 saturated heterocycles. The number of fused-ring (bicyclic) bond motifs is 1. The second kappa shape index (κ2) is 5.64. The van der Waals surface area contributed by atoms with Gasteiger partial charge in [0.05, 0.1) is 10.9 Å². The number of nitrogens with zero attached hydrogens (tertiary/aromatic N) is 2. The van der Waals surface area contributed by atoms with Gasteiger partial charge < -0.3 is 5.43 Å². The van der Waals surface area contributed by atoms with Gasteiger partial charge in [0.1, 0.15) is 0 Å². The molecule has 0 bridgehead atoms. The molecule has 2 aromatic rings. The van der Waals surface area contributed by atoms with Crippen LogP contribution in [0.15, 0.2) is 32.7 Å². The van der Waals surface area contributed by atoms with E-state index in [1.54, 1.807) is 23.6 Å². The van der Waals surface area contributed by atoms with Crippen molar-refractivity contribution in [1.29, 1.82) is 0 Å². The Morgan fingerprint density at radius 3 is 2.48 bits per heavy atom. The third-order valence-electron chi connectivity index (χ3n) is 5.40. The highest BCUT2D eigenvalue weighted by atomic mass is 32.2. The van der Waals surface area contributed by atoms with Crippen LogP contribution in [-0.4, -0.2) is 21.8 Å². The van der Waals surface area contributed by atoms with E-state index in [0.29, 0.717) is 11.9 Å². The molecule has 0 amide bonds. The highest BCUT2D eigenvalue weighted by Gasteiger charge is 2.39. The third-order valence-corrected chi connectivity index (χ3v) is 6.48. The summed E-state index contributed by atoms with van der Waals surface area (Å²) < 4.78 is 6.31. The summed E-state index contributed by atoms with van der Waals surface area (Å²) in [7, 11) is 1.60. The van der Waals surface area contributed by atoms with E-state index in [1.165, 1.54) is 12.8 Å². The van der Waals surface area contributed by atoms with Gasteiger partial charge in [0, 0.05) is 24.0 Å². The van der Waals surface area contributed by atoms with Gasteiger partial charge in [0.15, 0.2) is 0 Å². The fourth-order valence-corrected chi connectivity index (χ4v) is 3.87. The molecule has 4 rings (SSSR count). The number of nitrogens with one attached hydrogen (secondary N) is 2. The van der Waals surface area contributed by atoms with Crippen LogP contribution in [0.5, 0.6) is 0 Å². The Bertz CT molecular complexity index is 954. The molecule has 0 aliphatic heterocycles. The first kappa shape index (κ1) is 16.7. The van der Waals surface area contributed by atoms with Gasteiger partial charge in [0.25, 0.3) is 5.56 Å². The maximum absolute atomic E-state index is 12.7. The van der Waals surface area contributed by atoms with E-state index in [9.17, 15) is 9.59 Å². The van der Waals surface area contributed by atoms with Gasteiger partial charge in [-0.05, 0) is 68.2 Å². The van der Waals surface area contributed by atoms with E-state index in [0.717, 1.165) is 27.9 Å². The molecule has 2 aliphatic rings. The number of aromatic nitrogens is 2. The van der Waals surface area contributed by atoms with Crippen molar-refractivity contribution in [3.8, 4) is 0 Å². The van der Waals surface area contributed by atoms with Gasteiger partial charge in [-0.15, -0.1) is 0 Å². The Hall–Kier alpha value is -1.73. The van der Waals surface area contributed by atoms with Crippen molar-refractivity contribution in [2.24, 2.45) is 5.41 Å². The van der Waals surface area contributed by atoms with Crippen molar-refractivity contribution in [2.45, 2.75) is 56.5 Å². The molecule has 1 aromatic carbocycles. The second-order valence-electron chi connectivity index (χ2n) is 7.99. The zero-order valence-corrected chi connectivity index (χ0v) is 15.7. The van der Waals surface area contributed by atoms with Gasteiger partial charge in [0.2, 0.25) is 0 Å². The van der Waals surface area contributed by atoms with E-state index in [2.05, 4.69) is 24.0 Å². The lowest BCUT2D eigenvalue weighted by molar-refractivity contribution is 0.452. The van der Waals surface area contributed by atoms with E-state index >= 15 is 0 Å². The molecule has 2 aliphatic carbocycles. The summed E-state index contributed by atoms with van der Waals surface area (Å²) in [6.07, 6.45) is 4.60. The predicted molar refractivity (Wildman–Crippen MR) is 102 cm³/mol. The summed E-state index contributed by atoms with van der Waals surface area (Å²) in [6, 6.07) is 5.78. The molecular formula is C18H24N4O2S. The summed E-state index contributed by atoms with van der Waals surface area (Å²) in [4.78, 5) is 26.5. The minimum atomic E-state index is -0.294. The zero-order valence-electron chi connectivity index (χ0n) is 14.9. The van der Waals surface area contributed by atoms with E-state index < -0.39 is 0 Å². The molecule has 1 heterocycles. The molecule has 0 atom stereocenters. The molecule has 25 heavy (non-hydrogen) atoms. The number of hydrogen-bond acceptors (Lipinski definition) is 5. The SMILES string of the molecule is CNn1c(=O)c2cc(SNC3(C)CC3)ccc2n(CC2(C)CC2)c1=O. The Labute approximate surface area is 150 Å². The first-order valence-electron chi connectivity index (χ1n) is 8.76. The summed E-state index contributed by atoms with van der Waals surface area (Å²) in [5, 5.41) is 0.575. The monoisotopic (exact) mass is 360 g/mol. The van der Waals surface area contributed by atoms with Crippen molar-refractivity contribution >= 4 is 22.9 Å². The Morgan fingerprint density at radius 2 is 1.88 bits per heavy atom. The average molecular weight is 360 g/mol. The van der Waals surface area contributed by atoms with Crippen molar-refractivity contribution in [1.82, 2.24) is 14.0 Å². The van der Waals surface area contributed by atoms with E-state index in [-0.39, 0.29) is 22.2 Å². The fourth-order valence-electron chi connectivity index (χ4n) is 2.99. The van der Waals surface area contributed by atoms with E-state index in [4.69, 9.17) is 0 Å². The van der Waals surface area contributed by atoms with Crippen molar-refractivity contribution in [2.75, 3.05) is 12.5 Å². The van der Waals surface area contributed by atoms with Crippen molar-refractivity contribution < 1.29 is 0 Å². The minimum absolute atomic E-state index is 0.169. The largest absolute Gasteiger partial charge is 0.350 e. The summed E-state index contributed by atoms with van der Waals surface area (Å²) >= 11 is 1.56. The molecule has 7 heteroatoms. The highest BCUT2D eigenvalue weighted by Crippen LogP contribution is 2.46. The first-order valence-corrected chi connectivity index (χ1v) is 9.57. The number of rotatable bonds is 6. The van der Waals surface area contributed by atoms with Crippen LogP contribution < -0.4 is 21.4 Å². The van der Waals surface area contributed by atoms with Gasteiger partial charge >= 0.3 is 5.69 Å². The molecular weight excluding hydrogens is 336 g/mol. The molecule has 0 spiro atoms. The summed E-state index contributed by atoms with van der Waals surface area (Å²) in [5.41, 5.74) is 3.25. The second-order valence-corrected chi connectivity index (χ2v) is 8.87. The van der Waals surface area contributed by atoms with Crippen LogP contribution in [0.3, 0.4) is 0 Å². The predicted octanol–water partition coefficient (Wildman–Crippen LogP) is 2.29. The molecule has 2 N–H and O–H groups in total. The molecule has 2 saturated carbocycles. The van der Waals surface area contributed by atoms with Crippen molar-refractivity contribution in [3.05, 3.63) is 39.0 Å². The van der Waals surface area contributed by atoms with Crippen LogP contribution in [0.4, 0.5) is 0 Å².